The van der Waals surface area contributed by atoms with Gasteiger partial charge in [-0.1, -0.05) is 38.1 Å². The summed E-state index contributed by atoms with van der Waals surface area (Å²) in [6, 6.07) is 17.1. The van der Waals surface area contributed by atoms with Crippen molar-refractivity contribution in [2.75, 3.05) is 6.61 Å². The number of nitrogens with zero attached hydrogens (tertiary/aromatic N) is 2. The Bertz CT molecular complexity index is 845. The minimum Gasteiger partial charge on any atom is -0.494 e. The lowest BCUT2D eigenvalue weighted by molar-refractivity contribution is 0.340. The lowest BCUT2D eigenvalue weighted by Gasteiger charge is -2.19. The summed E-state index contributed by atoms with van der Waals surface area (Å²) in [5.74, 6) is 1.46. The lowest BCUT2D eigenvalue weighted by atomic mass is 9.90. The number of hydrogen-bond donors (Lipinski definition) is 0. The van der Waals surface area contributed by atoms with Crippen LogP contribution >= 0.6 is 0 Å². The second-order valence-electron chi connectivity index (χ2n) is 6.65. The highest BCUT2D eigenvalue weighted by atomic mass is 16.5. The van der Waals surface area contributed by atoms with E-state index in [9.17, 15) is 0 Å². The molecule has 0 aliphatic heterocycles. The van der Waals surface area contributed by atoms with Crippen LogP contribution in [0.4, 0.5) is 0 Å². The third-order valence-corrected chi connectivity index (χ3v) is 4.92. The Hall–Kier alpha value is -2.55. The maximum atomic E-state index is 5.56. The fraction of sp³-hybridized carbons (Fsp3) is 0.348. The third kappa shape index (κ3) is 3.82. The van der Waals surface area contributed by atoms with Crippen LogP contribution in [0.5, 0.6) is 5.75 Å². The fourth-order valence-corrected chi connectivity index (χ4v) is 3.45. The van der Waals surface area contributed by atoms with E-state index in [-0.39, 0.29) is 0 Å². The van der Waals surface area contributed by atoms with Gasteiger partial charge in [-0.15, -0.1) is 0 Å². The Morgan fingerprint density at radius 1 is 0.923 bits per heavy atom. The average molecular weight is 348 g/mol. The van der Waals surface area contributed by atoms with E-state index < -0.39 is 0 Å². The first-order valence-electron chi connectivity index (χ1n) is 9.56. The van der Waals surface area contributed by atoms with Gasteiger partial charge in [0.15, 0.2) is 0 Å². The smallest absolute Gasteiger partial charge is 0.119 e. The van der Waals surface area contributed by atoms with Gasteiger partial charge in [0, 0.05) is 6.20 Å². The van der Waals surface area contributed by atoms with Crippen molar-refractivity contribution in [1.82, 2.24) is 9.78 Å². The molecule has 0 unspecified atom stereocenters. The summed E-state index contributed by atoms with van der Waals surface area (Å²) in [6.45, 7) is 9.23. The minimum absolute atomic E-state index is 0.545. The van der Waals surface area contributed by atoms with E-state index in [0.717, 1.165) is 24.3 Å². The number of aromatic nitrogens is 2. The van der Waals surface area contributed by atoms with Crippen molar-refractivity contribution in [2.24, 2.45) is 0 Å². The Labute approximate surface area is 156 Å². The molecule has 26 heavy (non-hydrogen) atoms. The van der Waals surface area contributed by atoms with Crippen LogP contribution in [0.15, 0.2) is 54.7 Å². The van der Waals surface area contributed by atoms with Crippen LogP contribution in [0.2, 0.25) is 0 Å². The predicted octanol–water partition coefficient (Wildman–Crippen LogP) is 6.15. The maximum absolute atomic E-state index is 5.56. The number of aryl methyl sites for hydroxylation is 1. The molecule has 0 fully saturated rings. The molecule has 2 aromatic carbocycles. The van der Waals surface area contributed by atoms with E-state index in [0.29, 0.717) is 12.5 Å². The standard InChI is InChI=1S/C23H28N2O/c1-5-18(6-2)22-13-10-20(16-23(22)25-15-14-17(4)24-25)19-8-11-21(12-9-19)26-7-3/h8-16,18H,5-7H2,1-4H3. The van der Waals surface area contributed by atoms with Crippen molar-refractivity contribution in [3.63, 3.8) is 0 Å². The van der Waals surface area contributed by atoms with Crippen LogP contribution in [-0.2, 0) is 0 Å². The Morgan fingerprint density at radius 2 is 1.62 bits per heavy atom. The molecule has 1 heterocycles. The number of rotatable bonds is 7. The Kier molecular flexibility index (Phi) is 5.77. The van der Waals surface area contributed by atoms with Crippen LogP contribution < -0.4 is 4.74 Å². The van der Waals surface area contributed by atoms with Crippen molar-refractivity contribution in [3.05, 3.63) is 66.0 Å². The van der Waals surface area contributed by atoms with Gasteiger partial charge in [0.05, 0.1) is 18.0 Å². The highest BCUT2D eigenvalue weighted by Gasteiger charge is 2.15. The first-order valence-corrected chi connectivity index (χ1v) is 9.56. The van der Waals surface area contributed by atoms with Crippen LogP contribution in [-0.4, -0.2) is 16.4 Å². The minimum atomic E-state index is 0.545. The van der Waals surface area contributed by atoms with Gasteiger partial charge in [-0.2, -0.15) is 5.10 Å². The quantitative estimate of drug-likeness (QED) is 0.512. The maximum Gasteiger partial charge on any atom is 0.119 e. The monoisotopic (exact) mass is 348 g/mol. The molecular weight excluding hydrogens is 320 g/mol. The van der Waals surface area contributed by atoms with Gasteiger partial charge in [0.25, 0.3) is 0 Å². The van der Waals surface area contributed by atoms with E-state index in [2.05, 4.69) is 61.5 Å². The molecule has 0 amide bonds. The molecule has 3 aromatic rings. The van der Waals surface area contributed by atoms with Gasteiger partial charge in [-0.05, 0) is 73.6 Å². The zero-order chi connectivity index (χ0) is 18.5. The van der Waals surface area contributed by atoms with E-state index in [4.69, 9.17) is 4.74 Å². The Balaban J connectivity index is 2.05. The van der Waals surface area contributed by atoms with Gasteiger partial charge >= 0.3 is 0 Å². The van der Waals surface area contributed by atoms with Crippen molar-refractivity contribution in [1.29, 1.82) is 0 Å². The predicted molar refractivity (Wildman–Crippen MR) is 108 cm³/mol. The summed E-state index contributed by atoms with van der Waals surface area (Å²) in [7, 11) is 0. The van der Waals surface area contributed by atoms with Crippen LogP contribution in [0.3, 0.4) is 0 Å². The molecule has 0 saturated carbocycles. The highest BCUT2D eigenvalue weighted by molar-refractivity contribution is 5.68. The second kappa shape index (κ2) is 8.22. The number of ether oxygens (including phenoxy) is 1. The van der Waals surface area contributed by atoms with E-state index in [1.807, 2.05) is 30.7 Å². The lowest BCUT2D eigenvalue weighted by Crippen LogP contribution is -2.05. The zero-order valence-electron chi connectivity index (χ0n) is 16.2. The molecule has 0 spiro atoms. The van der Waals surface area contributed by atoms with E-state index in [1.54, 1.807) is 0 Å². The first-order chi connectivity index (χ1) is 12.7. The summed E-state index contributed by atoms with van der Waals surface area (Å²) in [6.07, 6.45) is 4.32. The largest absolute Gasteiger partial charge is 0.494 e. The molecule has 0 aliphatic carbocycles. The molecule has 3 rings (SSSR count). The van der Waals surface area contributed by atoms with Gasteiger partial charge < -0.3 is 4.74 Å². The van der Waals surface area contributed by atoms with Crippen LogP contribution in [0.25, 0.3) is 16.8 Å². The molecule has 1 aromatic heterocycles. The molecule has 136 valence electrons. The molecule has 0 saturated heterocycles. The molecule has 0 radical (unpaired) electrons. The zero-order valence-corrected chi connectivity index (χ0v) is 16.2. The van der Waals surface area contributed by atoms with E-state index in [1.165, 1.54) is 22.4 Å². The van der Waals surface area contributed by atoms with Crippen molar-refractivity contribution < 1.29 is 4.74 Å². The first kappa shape index (κ1) is 18.2. The fourth-order valence-electron chi connectivity index (χ4n) is 3.45. The molecular formula is C23H28N2O. The van der Waals surface area contributed by atoms with Gasteiger partial charge in [-0.25, -0.2) is 4.68 Å². The molecule has 0 N–H and O–H groups in total. The summed E-state index contributed by atoms with van der Waals surface area (Å²) in [5.41, 5.74) is 5.97. The Morgan fingerprint density at radius 3 is 2.19 bits per heavy atom. The second-order valence-corrected chi connectivity index (χ2v) is 6.65. The van der Waals surface area contributed by atoms with Crippen molar-refractivity contribution in [3.8, 4) is 22.6 Å². The molecule has 0 aliphatic rings. The van der Waals surface area contributed by atoms with Crippen molar-refractivity contribution in [2.45, 2.75) is 46.5 Å². The van der Waals surface area contributed by atoms with Crippen LogP contribution in [0, 0.1) is 6.92 Å². The highest BCUT2D eigenvalue weighted by Crippen LogP contribution is 2.32. The van der Waals surface area contributed by atoms with Gasteiger partial charge in [0.1, 0.15) is 5.75 Å². The molecule has 0 bridgehead atoms. The molecule has 0 atom stereocenters. The summed E-state index contributed by atoms with van der Waals surface area (Å²) in [5, 5.41) is 4.66. The third-order valence-electron chi connectivity index (χ3n) is 4.92. The normalized spacial score (nSPS) is 11.1. The summed E-state index contributed by atoms with van der Waals surface area (Å²) < 4.78 is 7.57. The van der Waals surface area contributed by atoms with Gasteiger partial charge in [-0.3, -0.25) is 0 Å². The molecule has 3 nitrogen and oxygen atoms in total. The van der Waals surface area contributed by atoms with E-state index >= 15 is 0 Å². The van der Waals surface area contributed by atoms with Crippen molar-refractivity contribution >= 4 is 0 Å². The van der Waals surface area contributed by atoms with Gasteiger partial charge in [0.2, 0.25) is 0 Å². The average Bonchev–Trinajstić information content (AvgIpc) is 3.10. The summed E-state index contributed by atoms with van der Waals surface area (Å²) in [4.78, 5) is 0. The topological polar surface area (TPSA) is 27.1 Å². The summed E-state index contributed by atoms with van der Waals surface area (Å²) >= 11 is 0. The van der Waals surface area contributed by atoms with Crippen LogP contribution in [0.1, 0.15) is 50.8 Å². The number of hydrogen-bond acceptors (Lipinski definition) is 2. The SMILES string of the molecule is CCOc1ccc(-c2ccc(C(CC)CC)c(-n3ccc(C)n3)c2)cc1. The number of benzene rings is 2. The molecule has 3 heteroatoms.